The lowest BCUT2D eigenvalue weighted by Gasteiger charge is -2.16. The molecule has 0 radical (unpaired) electrons. The zero-order chi connectivity index (χ0) is 18.4. The number of halogens is 1. The van der Waals surface area contributed by atoms with Crippen LogP contribution in [-0.2, 0) is 17.6 Å². The molecule has 1 saturated heterocycles. The second-order valence-corrected chi connectivity index (χ2v) is 6.85. The van der Waals surface area contributed by atoms with Crippen LogP contribution in [0.25, 0.3) is 22.7 Å². The number of hydrogen-bond acceptors (Lipinski definition) is 6. The van der Waals surface area contributed by atoms with Crippen molar-refractivity contribution >= 4 is 24.2 Å². The Kier molecular flexibility index (Phi) is 4.82. The zero-order valence-electron chi connectivity index (χ0n) is 15.1. The number of rotatable bonds is 3. The monoisotopic (exact) mass is 401 g/mol. The summed E-state index contributed by atoms with van der Waals surface area (Å²) in [4.78, 5) is 13.8. The van der Waals surface area contributed by atoms with E-state index in [0.717, 1.165) is 47.5 Å². The Morgan fingerprint density at radius 3 is 2.93 bits per heavy atom. The summed E-state index contributed by atoms with van der Waals surface area (Å²) in [6.07, 6.45) is 3.84. The predicted molar refractivity (Wildman–Crippen MR) is 105 cm³/mol. The van der Waals surface area contributed by atoms with Crippen LogP contribution in [0.1, 0.15) is 17.5 Å². The van der Waals surface area contributed by atoms with E-state index in [-0.39, 0.29) is 24.6 Å². The number of carbonyl (C=O) groups excluding carboxylic acids is 1. The van der Waals surface area contributed by atoms with Gasteiger partial charge in [0.05, 0.1) is 18.4 Å². The SMILES string of the molecule is Cl.NCC1CN(c2ccc3c(c2)CCCc2c(-c4ccno4)n[nH]c2-3)C(=O)O1. The topological polar surface area (TPSA) is 110 Å². The van der Waals surface area contributed by atoms with Gasteiger partial charge in [0.1, 0.15) is 11.8 Å². The van der Waals surface area contributed by atoms with Gasteiger partial charge in [0, 0.05) is 29.4 Å². The second kappa shape index (κ2) is 7.29. The van der Waals surface area contributed by atoms with Crippen molar-refractivity contribution in [2.24, 2.45) is 5.73 Å². The van der Waals surface area contributed by atoms with E-state index in [0.29, 0.717) is 18.8 Å². The van der Waals surface area contributed by atoms with Gasteiger partial charge in [0.2, 0.25) is 0 Å². The second-order valence-electron chi connectivity index (χ2n) is 6.85. The Morgan fingerprint density at radius 1 is 1.29 bits per heavy atom. The van der Waals surface area contributed by atoms with Crippen molar-refractivity contribution in [1.82, 2.24) is 15.4 Å². The summed E-state index contributed by atoms with van der Waals surface area (Å²) >= 11 is 0. The van der Waals surface area contributed by atoms with Crippen LogP contribution < -0.4 is 10.6 Å². The van der Waals surface area contributed by atoms with Crippen LogP contribution in [0, 0.1) is 0 Å². The number of H-pyrrole nitrogens is 1. The third-order valence-corrected chi connectivity index (χ3v) is 5.22. The van der Waals surface area contributed by atoms with Crippen molar-refractivity contribution in [1.29, 1.82) is 0 Å². The van der Waals surface area contributed by atoms with Gasteiger partial charge in [-0.3, -0.25) is 10.00 Å². The van der Waals surface area contributed by atoms with Crippen LogP contribution in [0.2, 0.25) is 0 Å². The van der Waals surface area contributed by atoms with Gasteiger partial charge in [0.25, 0.3) is 0 Å². The van der Waals surface area contributed by atoms with Crippen LogP contribution in [0.3, 0.4) is 0 Å². The number of ether oxygens (including phenoxy) is 1. The molecule has 28 heavy (non-hydrogen) atoms. The highest BCUT2D eigenvalue weighted by molar-refractivity contribution is 5.90. The molecule has 1 atom stereocenters. The zero-order valence-corrected chi connectivity index (χ0v) is 15.9. The summed E-state index contributed by atoms with van der Waals surface area (Å²) in [5.74, 6) is 0.667. The molecule has 3 N–H and O–H groups in total. The first-order valence-electron chi connectivity index (χ1n) is 9.04. The summed E-state index contributed by atoms with van der Waals surface area (Å²) in [6, 6.07) is 7.88. The first-order valence-corrected chi connectivity index (χ1v) is 9.04. The van der Waals surface area contributed by atoms with Crippen molar-refractivity contribution in [2.45, 2.75) is 25.4 Å². The maximum Gasteiger partial charge on any atom is 0.414 e. The highest BCUT2D eigenvalue weighted by Gasteiger charge is 2.32. The molecule has 3 heterocycles. The number of carbonyl (C=O) groups is 1. The molecular weight excluding hydrogens is 382 g/mol. The number of nitrogens with one attached hydrogen (secondary N) is 1. The smallest absolute Gasteiger partial charge is 0.414 e. The highest BCUT2D eigenvalue weighted by Crippen LogP contribution is 2.38. The minimum absolute atomic E-state index is 0. The van der Waals surface area contributed by atoms with Crippen molar-refractivity contribution in [3.8, 4) is 22.7 Å². The summed E-state index contributed by atoms with van der Waals surface area (Å²) in [5, 5.41) is 11.4. The maximum atomic E-state index is 12.1. The number of amides is 1. The number of anilines is 1. The average molecular weight is 402 g/mol. The molecule has 3 aromatic rings. The third kappa shape index (κ3) is 2.94. The summed E-state index contributed by atoms with van der Waals surface area (Å²) < 4.78 is 10.6. The van der Waals surface area contributed by atoms with Crippen LogP contribution >= 0.6 is 12.4 Å². The van der Waals surface area contributed by atoms with Crippen LogP contribution in [0.15, 0.2) is 35.0 Å². The van der Waals surface area contributed by atoms with E-state index in [9.17, 15) is 4.79 Å². The number of hydrogen-bond donors (Lipinski definition) is 2. The van der Waals surface area contributed by atoms with Crippen LogP contribution in [-0.4, -0.2) is 40.6 Å². The third-order valence-electron chi connectivity index (χ3n) is 5.22. The molecule has 8 nitrogen and oxygen atoms in total. The lowest BCUT2D eigenvalue weighted by molar-refractivity contribution is 0.145. The van der Waals surface area contributed by atoms with Gasteiger partial charge in [-0.15, -0.1) is 12.4 Å². The van der Waals surface area contributed by atoms with E-state index < -0.39 is 0 Å². The Bertz CT molecular complexity index is 1000. The number of nitrogens with zero attached hydrogens (tertiary/aromatic N) is 3. The molecule has 0 bridgehead atoms. The van der Waals surface area contributed by atoms with Gasteiger partial charge < -0.3 is 15.0 Å². The molecule has 2 aliphatic rings. The first-order chi connectivity index (χ1) is 13.2. The van der Waals surface area contributed by atoms with Gasteiger partial charge in [-0.1, -0.05) is 11.2 Å². The molecule has 0 saturated carbocycles. The number of aryl methyl sites for hydroxylation is 1. The molecule has 0 spiro atoms. The lowest BCUT2D eigenvalue weighted by atomic mass is 10.0. The van der Waals surface area contributed by atoms with E-state index in [4.69, 9.17) is 15.0 Å². The highest BCUT2D eigenvalue weighted by atomic mass is 35.5. The number of fused-ring (bicyclic) bond motifs is 3. The van der Waals surface area contributed by atoms with Crippen molar-refractivity contribution in [3.05, 3.63) is 41.6 Å². The van der Waals surface area contributed by atoms with E-state index in [1.807, 2.05) is 18.2 Å². The average Bonchev–Trinajstić information content (AvgIpc) is 3.39. The molecule has 1 fully saturated rings. The predicted octanol–water partition coefficient (Wildman–Crippen LogP) is 2.93. The van der Waals surface area contributed by atoms with Gasteiger partial charge in [-0.2, -0.15) is 5.10 Å². The van der Waals surface area contributed by atoms with Crippen molar-refractivity contribution in [3.63, 3.8) is 0 Å². The molecule has 9 heteroatoms. The van der Waals surface area contributed by atoms with Gasteiger partial charge >= 0.3 is 6.09 Å². The standard InChI is InChI=1S/C19H19N5O3.ClH/c20-9-13-10-24(19(25)26-13)12-4-5-14-11(8-12)2-1-3-15-17(14)22-23-18(15)16-6-7-21-27-16;/h4-8,13H,1-3,9-10,20H2,(H,22,23);1H. The van der Waals surface area contributed by atoms with E-state index in [1.54, 1.807) is 11.1 Å². The van der Waals surface area contributed by atoms with Crippen LogP contribution in [0.4, 0.5) is 10.5 Å². The fourth-order valence-corrected chi connectivity index (χ4v) is 3.88. The molecule has 1 aliphatic carbocycles. The van der Waals surface area contributed by atoms with E-state index in [1.165, 1.54) is 5.56 Å². The molecule has 2 aromatic heterocycles. The number of cyclic esters (lactones) is 1. The summed E-state index contributed by atoms with van der Waals surface area (Å²) in [5.41, 5.74) is 11.7. The fraction of sp³-hybridized carbons (Fsp3) is 0.316. The normalized spacial score (nSPS) is 18.1. The molecule has 1 aromatic carbocycles. The Balaban J connectivity index is 0.00000192. The first kappa shape index (κ1) is 18.5. The quantitative estimate of drug-likeness (QED) is 0.698. The molecule has 1 amide bonds. The number of benzene rings is 1. The molecule has 146 valence electrons. The molecule has 1 unspecified atom stereocenters. The maximum absolute atomic E-state index is 12.1. The van der Waals surface area contributed by atoms with Gasteiger partial charge in [-0.25, -0.2) is 4.79 Å². The minimum Gasteiger partial charge on any atom is -0.443 e. The molecule has 1 aliphatic heterocycles. The Morgan fingerprint density at radius 2 is 2.18 bits per heavy atom. The largest absolute Gasteiger partial charge is 0.443 e. The van der Waals surface area contributed by atoms with Gasteiger partial charge in [0.15, 0.2) is 5.76 Å². The van der Waals surface area contributed by atoms with E-state index >= 15 is 0 Å². The van der Waals surface area contributed by atoms with Gasteiger partial charge in [-0.05, 0) is 37.0 Å². The van der Waals surface area contributed by atoms with Crippen molar-refractivity contribution in [2.75, 3.05) is 18.0 Å². The Hall–Kier alpha value is -2.84. The molecule has 5 rings (SSSR count). The molecular formula is C19H20ClN5O3. The van der Waals surface area contributed by atoms with Crippen LogP contribution in [0.5, 0.6) is 0 Å². The summed E-state index contributed by atoms with van der Waals surface area (Å²) in [7, 11) is 0. The minimum atomic E-state index is -0.339. The number of aromatic amines is 1. The van der Waals surface area contributed by atoms with Crippen molar-refractivity contribution < 1.29 is 14.1 Å². The fourth-order valence-electron chi connectivity index (χ4n) is 3.88. The summed E-state index contributed by atoms with van der Waals surface area (Å²) in [6.45, 7) is 0.814. The number of nitrogens with two attached hydrogens (primary N) is 1. The Labute approximate surface area is 167 Å². The lowest BCUT2D eigenvalue weighted by Crippen LogP contribution is -2.27. The number of aromatic nitrogens is 3. The van der Waals surface area contributed by atoms with E-state index in [2.05, 4.69) is 21.4 Å².